The summed E-state index contributed by atoms with van der Waals surface area (Å²) in [5.74, 6) is -1.14. The van der Waals surface area contributed by atoms with Crippen LogP contribution in [0, 0.1) is 5.92 Å². The highest BCUT2D eigenvalue weighted by molar-refractivity contribution is 5.70. The van der Waals surface area contributed by atoms with Crippen LogP contribution >= 0.6 is 0 Å². The van der Waals surface area contributed by atoms with Crippen LogP contribution < -0.4 is 0 Å². The van der Waals surface area contributed by atoms with Gasteiger partial charge in [0.15, 0.2) is 0 Å². The van der Waals surface area contributed by atoms with Gasteiger partial charge in [0.1, 0.15) is 0 Å². The lowest BCUT2D eigenvalue weighted by Gasteiger charge is -2.36. The van der Waals surface area contributed by atoms with Gasteiger partial charge in [-0.3, -0.25) is 4.79 Å². The first kappa shape index (κ1) is 14.3. The molecule has 2 atom stereocenters. The van der Waals surface area contributed by atoms with Gasteiger partial charge in [-0.1, -0.05) is 0 Å². The molecule has 100 valence electrons. The quantitative estimate of drug-likeness (QED) is 0.837. The van der Waals surface area contributed by atoms with E-state index in [9.17, 15) is 18.0 Å². The van der Waals surface area contributed by atoms with Crippen LogP contribution in [0.5, 0.6) is 0 Å². The summed E-state index contributed by atoms with van der Waals surface area (Å²) in [6, 6.07) is 0.0538. The van der Waals surface area contributed by atoms with Gasteiger partial charge in [0, 0.05) is 12.5 Å². The SMILES string of the molecule is CC1CC(C(=O)O)CCN1CCCC(F)(F)F. The fourth-order valence-corrected chi connectivity index (χ4v) is 2.26. The van der Waals surface area contributed by atoms with Gasteiger partial charge in [0.25, 0.3) is 0 Å². The Morgan fingerprint density at radius 1 is 1.47 bits per heavy atom. The van der Waals surface area contributed by atoms with Crippen molar-refractivity contribution in [3.63, 3.8) is 0 Å². The van der Waals surface area contributed by atoms with E-state index in [1.54, 1.807) is 0 Å². The Bertz CT molecular complexity index is 268. The van der Waals surface area contributed by atoms with E-state index in [1.807, 2.05) is 11.8 Å². The summed E-state index contributed by atoms with van der Waals surface area (Å²) >= 11 is 0. The zero-order valence-corrected chi connectivity index (χ0v) is 9.83. The van der Waals surface area contributed by atoms with E-state index < -0.39 is 18.6 Å². The average molecular weight is 253 g/mol. The van der Waals surface area contributed by atoms with Crippen LogP contribution in [0.2, 0.25) is 0 Å². The lowest BCUT2D eigenvalue weighted by molar-refractivity contribution is -0.144. The molecule has 0 aliphatic carbocycles. The minimum absolute atomic E-state index is 0.0538. The van der Waals surface area contributed by atoms with Gasteiger partial charge in [0.05, 0.1) is 5.92 Å². The van der Waals surface area contributed by atoms with Crippen LogP contribution in [0.3, 0.4) is 0 Å². The third kappa shape index (κ3) is 4.93. The minimum Gasteiger partial charge on any atom is -0.481 e. The number of alkyl halides is 3. The van der Waals surface area contributed by atoms with E-state index in [0.717, 1.165) is 0 Å². The van der Waals surface area contributed by atoms with E-state index in [2.05, 4.69) is 0 Å². The van der Waals surface area contributed by atoms with Crippen LogP contribution in [-0.4, -0.2) is 41.3 Å². The Labute approximate surface area is 98.6 Å². The number of nitrogens with zero attached hydrogens (tertiary/aromatic N) is 1. The number of rotatable bonds is 4. The molecule has 0 amide bonds. The standard InChI is InChI=1S/C11H18F3NO2/c1-8-7-9(10(16)17)3-6-15(8)5-2-4-11(12,13)14/h8-9H,2-7H2,1H3,(H,16,17). The molecule has 1 N–H and O–H groups in total. The van der Waals surface area contributed by atoms with Crippen molar-refractivity contribution in [3.8, 4) is 0 Å². The van der Waals surface area contributed by atoms with Crippen LogP contribution in [0.1, 0.15) is 32.6 Å². The Hall–Kier alpha value is -0.780. The first-order chi connectivity index (χ1) is 7.79. The minimum atomic E-state index is -4.09. The smallest absolute Gasteiger partial charge is 0.389 e. The van der Waals surface area contributed by atoms with Crippen LogP contribution in [-0.2, 0) is 4.79 Å². The summed E-state index contributed by atoms with van der Waals surface area (Å²) in [4.78, 5) is 12.7. The van der Waals surface area contributed by atoms with Gasteiger partial charge in [-0.05, 0) is 39.3 Å². The fraction of sp³-hybridized carbons (Fsp3) is 0.909. The Kier molecular flexibility index (Phi) is 4.80. The molecule has 17 heavy (non-hydrogen) atoms. The second-order valence-electron chi connectivity index (χ2n) is 4.66. The molecular weight excluding hydrogens is 235 g/mol. The lowest BCUT2D eigenvalue weighted by Crippen LogP contribution is -2.43. The van der Waals surface area contributed by atoms with Gasteiger partial charge in [-0.15, -0.1) is 0 Å². The molecule has 0 aromatic rings. The monoisotopic (exact) mass is 253 g/mol. The molecule has 0 bridgehead atoms. The molecule has 3 nitrogen and oxygen atoms in total. The zero-order valence-electron chi connectivity index (χ0n) is 9.83. The third-order valence-electron chi connectivity index (χ3n) is 3.27. The van der Waals surface area contributed by atoms with Gasteiger partial charge in [0.2, 0.25) is 0 Å². The number of carbonyl (C=O) groups is 1. The van der Waals surface area contributed by atoms with Crippen LogP contribution in [0.25, 0.3) is 0 Å². The van der Waals surface area contributed by atoms with Crippen molar-refractivity contribution < 1.29 is 23.1 Å². The number of piperidine rings is 1. The first-order valence-corrected chi connectivity index (χ1v) is 5.83. The Balaban J connectivity index is 2.30. The van der Waals surface area contributed by atoms with Crippen molar-refractivity contribution in [1.29, 1.82) is 0 Å². The Morgan fingerprint density at radius 3 is 2.59 bits per heavy atom. The second-order valence-corrected chi connectivity index (χ2v) is 4.66. The summed E-state index contributed by atoms with van der Waals surface area (Å²) in [6.45, 7) is 2.85. The van der Waals surface area contributed by atoms with E-state index >= 15 is 0 Å². The highest BCUT2D eigenvalue weighted by Crippen LogP contribution is 2.25. The van der Waals surface area contributed by atoms with Crippen molar-refractivity contribution >= 4 is 5.97 Å². The third-order valence-corrected chi connectivity index (χ3v) is 3.27. The van der Waals surface area contributed by atoms with E-state index in [0.29, 0.717) is 25.9 Å². The van der Waals surface area contributed by atoms with Crippen molar-refractivity contribution in [1.82, 2.24) is 4.90 Å². The molecule has 1 aliphatic heterocycles. The number of hydrogen-bond acceptors (Lipinski definition) is 2. The fourth-order valence-electron chi connectivity index (χ4n) is 2.26. The van der Waals surface area contributed by atoms with Crippen molar-refractivity contribution in [2.45, 2.75) is 44.8 Å². The summed E-state index contributed by atoms with van der Waals surface area (Å²) < 4.78 is 35.9. The van der Waals surface area contributed by atoms with Gasteiger partial charge < -0.3 is 10.0 Å². The van der Waals surface area contributed by atoms with Gasteiger partial charge in [-0.2, -0.15) is 13.2 Å². The molecule has 1 saturated heterocycles. The second kappa shape index (κ2) is 5.71. The normalized spacial score (nSPS) is 27.1. The van der Waals surface area contributed by atoms with E-state index in [-0.39, 0.29) is 18.4 Å². The number of carboxylic acid groups (broad SMARTS) is 1. The van der Waals surface area contributed by atoms with Crippen LogP contribution in [0.15, 0.2) is 0 Å². The number of carboxylic acids is 1. The highest BCUT2D eigenvalue weighted by Gasteiger charge is 2.31. The molecule has 0 aromatic carbocycles. The molecule has 0 radical (unpaired) electrons. The molecular formula is C11H18F3NO2. The molecule has 1 aliphatic rings. The molecule has 1 heterocycles. The maximum absolute atomic E-state index is 12.0. The average Bonchev–Trinajstić information content (AvgIpc) is 2.18. The van der Waals surface area contributed by atoms with E-state index in [1.165, 1.54) is 0 Å². The number of halogens is 3. The zero-order chi connectivity index (χ0) is 13.1. The molecule has 1 fully saturated rings. The maximum atomic E-state index is 12.0. The van der Waals surface area contributed by atoms with Crippen molar-refractivity contribution in [2.24, 2.45) is 5.92 Å². The van der Waals surface area contributed by atoms with Gasteiger partial charge in [-0.25, -0.2) is 0 Å². The van der Waals surface area contributed by atoms with Gasteiger partial charge >= 0.3 is 12.1 Å². The first-order valence-electron chi connectivity index (χ1n) is 5.83. The van der Waals surface area contributed by atoms with E-state index in [4.69, 9.17) is 5.11 Å². The summed E-state index contributed by atoms with van der Waals surface area (Å²) in [5.41, 5.74) is 0. The molecule has 6 heteroatoms. The number of aliphatic carboxylic acids is 1. The molecule has 0 spiro atoms. The predicted molar refractivity (Wildman–Crippen MR) is 56.7 cm³/mol. The van der Waals surface area contributed by atoms with Crippen molar-refractivity contribution in [2.75, 3.05) is 13.1 Å². The topological polar surface area (TPSA) is 40.5 Å². The largest absolute Gasteiger partial charge is 0.481 e. The maximum Gasteiger partial charge on any atom is 0.389 e. The molecule has 0 saturated carbocycles. The highest BCUT2D eigenvalue weighted by atomic mass is 19.4. The Morgan fingerprint density at radius 2 is 2.12 bits per heavy atom. The summed E-state index contributed by atoms with van der Waals surface area (Å²) in [7, 11) is 0. The summed E-state index contributed by atoms with van der Waals surface area (Å²) in [6.07, 6.45) is -3.71. The van der Waals surface area contributed by atoms with Crippen LogP contribution in [0.4, 0.5) is 13.2 Å². The molecule has 1 rings (SSSR count). The lowest BCUT2D eigenvalue weighted by atomic mass is 9.91. The van der Waals surface area contributed by atoms with Crippen molar-refractivity contribution in [3.05, 3.63) is 0 Å². The molecule has 2 unspecified atom stereocenters. The molecule has 0 aromatic heterocycles. The number of hydrogen-bond donors (Lipinski definition) is 1. The predicted octanol–water partition coefficient (Wildman–Crippen LogP) is 2.51. The number of likely N-dealkylation sites (tertiary alicyclic amines) is 1. The summed E-state index contributed by atoms with van der Waals surface area (Å²) in [5, 5.41) is 8.86.